The van der Waals surface area contributed by atoms with E-state index < -0.39 is 5.82 Å². The van der Waals surface area contributed by atoms with Crippen LogP contribution in [0.5, 0.6) is 17.2 Å². The third-order valence-corrected chi connectivity index (χ3v) is 2.45. The highest BCUT2D eigenvalue weighted by Gasteiger charge is 2.11. The number of nitrogen functional groups attached to an aromatic ring is 1. The van der Waals surface area contributed by atoms with Crippen molar-refractivity contribution in [3.8, 4) is 17.2 Å². The zero-order valence-electron chi connectivity index (χ0n) is 10.2. The van der Waals surface area contributed by atoms with Crippen LogP contribution in [-0.4, -0.2) is 16.9 Å². The normalized spacial score (nSPS) is 10.4. The summed E-state index contributed by atoms with van der Waals surface area (Å²) in [6, 6.07) is 2.58. The summed E-state index contributed by atoms with van der Waals surface area (Å²) in [5, 5.41) is 4.07. The number of halogens is 1. The summed E-state index contributed by atoms with van der Waals surface area (Å²) in [5.74, 6) is 0.440. The number of anilines is 1. The molecule has 0 unspecified atom stereocenters. The van der Waals surface area contributed by atoms with Crippen molar-refractivity contribution in [2.75, 3.05) is 12.8 Å². The molecule has 2 N–H and O–H groups in total. The Hall–Kier alpha value is -2.24. The summed E-state index contributed by atoms with van der Waals surface area (Å²) in [4.78, 5) is 0. The number of rotatable bonds is 4. The summed E-state index contributed by atoms with van der Waals surface area (Å²) in [5.41, 5.74) is 5.89. The second kappa shape index (κ2) is 4.95. The molecule has 0 saturated heterocycles. The Morgan fingerprint density at radius 2 is 2.17 bits per heavy atom. The third-order valence-electron chi connectivity index (χ3n) is 2.45. The van der Waals surface area contributed by atoms with Crippen LogP contribution in [0.1, 0.15) is 6.92 Å². The van der Waals surface area contributed by atoms with E-state index in [1.54, 1.807) is 17.1 Å². The Balaban J connectivity index is 2.28. The first kappa shape index (κ1) is 12.2. The zero-order chi connectivity index (χ0) is 13.1. The molecule has 0 fully saturated rings. The molecule has 2 rings (SSSR count). The molecule has 0 aliphatic rings. The van der Waals surface area contributed by atoms with Gasteiger partial charge in [0.2, 0.25) is 0 Å². The molecule has 96 valence electrons. The number of aryl methyl sites for hydroxylation is 1. The summed E-state index contributed by atoms with van der Waals surface area (Å²) < 4.78 is 25.5. The van der Waals surface area contributed by atoms with Gasteiger partial charge < -0.3 is 15.2 Å². The molecule has 6 heteroatoms. The lowest BCUT2D eigenvalue weighted by Gasteiger charge is -2.09. The first-order valence-electron chi connectivity index (χ1n) is 5.47. The first-order chi connectivity index (χ1) is 8.63. The van der Waals surface area contributed by atoms with Gasteiger partial charge in [-0.25, -0.2) is 4.39 Å². The Morgan fingerprint density at radius 1 is 1.39 bits per heavy atom. The molecule has 0 saturated carbocycles. The molecule has 0 aliphatic carbocycles. The molecule has 0 spiro atoms. The molecule has 18 heavy (non-hydrogen) atoms. The smallest absolute Gasteiger partial charge is 0.167 e. The molecule has 0 amide bonds. The van der Waals surface area contributed by atoms with Crippen molar-refractivity contribution >= 4 is 5.69 Å². The molecular weight excluding hydrogens is 237 g/mol. The second-order valence-corrected chi connectivity index (χ2v) is 3.66. The van der Waals surface area contributed by atoms with E-state index in [9.17, 15) is 4.39 Å². The standard InChI is InChI=1S/C12H14FN3O2/c1-3-16-7-8(6-15-16)18-12-5-11(17-2)9(13)4-10(12)14/h4-7H,3,14H2,1-2H3. The summed E-state index contributed by atoms with van der Waals surface area (Å²) >= 11 is 0. The maximum absolute atomic E-state index is 13.4. The zero-order valence-corrected chi connectivity index (χ0v) is 10.2. The van der Waals surface area contributed by atoms with Crippen molar-refractivity contribution in [3.05, 3.63) is 30.3 Å². The maximum Gasteiger partial charge on any atom is 0.167 e. The van der Waals surface area contributed by atoms with E-state index >= 15 is 0 Å². The van der Waals surface area contributed by atoms with Gasteiger partial charge in [0.15, 0.2) is 23.1 Å². The van der Waals surface area contributed by atoms with E-state index in [-0.39, 0.29) is 11.4 Å². The minimum absolute atomic E-state index is 0.0853. The lowest BCUT2D eigenvalue weighted by molar-refractivity contribution is 0.382. The second-order valence-electron chi connectivity index (χ2n) is 3.66. The Bertz CT molecular complexity index is 554. The van der Waals surface area contributed by atoms with Crippen LogP contribution in [0.15, 0.2) is 24.5 Å². The van der Waals surface area contributed by atoms with Crippen LogP contribution in [0, 0.1) is 5.82 Å². The molecular formula is C12H14FN3O2. The van der Waals surface area contributed by atoms with E-state index in [0.29, 0.717) is 11.5 Å². The predicted molar refractivity (Wildman–Crippen MR) is 65.3 cm³/mol. The van der Waals surface area contributed by atoms with Crippen molar-refractivity contribution < 1.29 is 13.9 Å². The van der Waals surface area contributed by atoms with Crippen LogP contribution >= 0.6 is 0 Å². The van der Waals surface area contributed by atoms with Gasteiger partial charge in [0, 0.05) is 18.7 Å². The van der Waals surface area contributed by atoms with Crippen molar-refractivity contribution in [2.45, 2.75) is 13.5 Å². The van der Waals surface area contributed by atoms with E-state index in [1.807, 2.05) is 6.92 Å². The van der Waals surface area contributed by atoms with Gasteiger partial charge in [0.05, 0.1) is 25.2 Å². The first-order valence-corrected chi connectivity index (χ1v) is 5.47. The Morgan fingerprint density at radius 3 is 2.78 bits per heavy atom. The van der Waals surface area contributed by atoms with Crippen LogP contribution < -0.4 is 15.2 Å². The SMILES string of the molecule is CCn1cc(Oc2cc(OC)c(F)cc2N)cn1. The van der Waals surface area contributed by atoms with Crippen molar-refractivity contribution in [2.24, 2.45) is 0 Å². The topological polar surface area (TPSA) is 62.3 Å². The molecule has 0 atom stereocenters. The minimum Gasteiger partial charge on any atom is -0.494 e. The minimum atomic E-state index is -0.522. The number of ether oxygens (including phenoxy) is 2. The summed E-state index contributed by atoms with van der Waals surface area (Å²) in [6.07, 6.45) is 3.30. The Labute approximate surface area is 104 Å². The van der Waals surface area contributed by atoms with Gasteiger partial charge in [0.1, 0.15) is 0 Å². The van der Waals surface area contributed by atoms with E-state index in [4.69, 9.17) is 15.2 Å². The van der Waals surface area contributed by atoms with Crippen molar-refractivity contribution in [3.63, 3.8) is 0 Å². The molecule has 0 radical (unpaired) electrons. The number of aromatic nitrogens is 2. The maximum atomic E-state index is 13.4. The fraction of sp³-hybridized carbons (Fsp3) is 0.250. The van der Waals surface area contributed by atoms with Gasteiger partial charge in [-0.2, -0.15) is 5.10 Å². The van der Waals surface area contributed by atoms with Crippen LogP contribution in [-0.2, 0) is 6.54 Å². The number of nitrogens with two attached hydrogens (primary N) is 1. The van der Waals surface area contributed by atoms with Crippen LogP contribution in [0.3, 0.4) is 0 Å². The molecule has 1 heterocycles. The van der Waals surface area contributed by atoms with Gasteiger partial charge in [-0.05, 0) is 6.92 Å². The lowest BCUT2D eigenvalue weighted by atomic mass is 10.2. The van der Waals surface area contributed by atoms with Gasteiger partial charge in [-0.15, -0.1) is 0 Å². The van der Waals surface area contributed by atoms with Crippen LogP contribution in [0.2, 0.25) is 0 Å². The van der Waals surface area contributed by atoms with E-state index in [0.717, 1.165) is 6.54 Å². The van der Waals surface area contributed by atoms with E-state index in [2.05, 4.69) is 5.10 Å². The predicted octanol–water partition coefficient (Wildman–Crippen LogP) is 2.43. The van der Waals surface area contributed by atoms with Gasteiger partial charge in [-0.3, -0.25) is 4.68 Å². The molecule has 0 aliphatic heterocycles. The van der Waals surface area contributed by atoms with Gasteiger partial charge >= 0.3 is 0 Å². The third kappa shape index (κ3) is 2.37. The molecule has 0 bridgehead atoms. The summed E-state index contributed by atoms with van der Waals surface area (Å²) in [6.45, 7) is 2.71. The number of hydrogen-bond acceptors (Lipinski definition) is 4. The Kier molecular flexibility index (Phi) is 3.36. The fourth-order valence-electron chi connectivity index (χ4n) is 1.49. The van der Waals surface area contributed by atoms with Gasteiger partial charge in [0.25, 0.3) is 0 Å². The average Bonchev–Trinajstić information content (AvgIpc) is 2.80. The highest BCUT2D eigenvalue weighted by atomic mass is 19.1. The van der Waals surface area contributed by atoms with Gasteiger partial charge in [-0.1, -0.05) is 0 Å². The molecule has 1 aromatic carbocycles. The molecule has 2 aromatic rings. The lowest BCUT2D eigenvalue weighted by Crippen LogP contribution is -1.96. The highest BCUT2D eigenvalue weighted by molar-refractivity contribution is 5.57. The van der Waals surface area contributed by atoms with E-state index in [1.165, 1.54) is 19.2 Å². The largest absolute Gasteiger partial charge is 0.494 e. The van der Waals surface area contributed by atoms with Crippen LogP contribution in [0.4, 0.5) is 10.1 Å². The fourth-order valence-corrected chi connectivity index (χ4v) is 1.49. The summed E-state index contributed by atoms with van der Waals surface area (Å²) in [7, 11) is 1.38. The number of nitrogens with zero attached hydrogens (tertiary/aromatic N) is 2. The number of methoxy groups -OCH3 is 1. The quantitative estimate of drug-likeness (QED) is 0.848. The van der Waals surface area contributed by atoms with Crippen molar-refractivity contribution in [1.29, 1.82) is 0 Å². The molecule has 1 aromatic heterocycles. The molecule has 5 nitrogen and oxygen atoms in total. The van der Waals surface area contributed by atoms with Crippen LogP contribution in [0.25, 0.3) is 0 Å². The monoisotopic (exact) mass is 251 g/mol. The van der Waals surface area contributed by atoms with Crippen molar-refractivity contribution in [1.82, 2.24) is 9.78 Å². The highest BCUT2D eigenvalue weighted by Crippen LogP contribution is 2.33. The number of benzene rings is 1. The number of hydrogen-bond donors (Lipinski definition) is 1. The average molecular weight is 251 g/mol.